The average molecular weight is 315 g/mol. The fourth-order valence-electron chi connectivity index (χ4n) is 2.48. The van der Waals surface area contributed by atoms with Crippen molar-refractivity contribution in [2.45, 2.75) is 32.4 Å². The Morgan fingerprint density at radius 1 is 1.50 bits per heavy atom. The topological polar surface area (TPSA) is 15.3 Å². The zero-order chi connectivity index (χ0) is 13.1. The summed E-state index contributed by atoms with van der Waals surface area (Å²) in [6, 6.07) is 6.03. The van der Waals surface area contributed by atoms with E-state index in [1.54, 1.807) is 6.07 Å². The molecule has 0 amide bonds. The van der Waals surface area contributed by atoms with Gasteiger partial charge in [-0.2, -0.15) is 0 Å². The fraction of sp³-hybridized carbons (Fsp3) is 0.571. The highest BCUT2D eigenvalue weighted by Crippen LogP contribution is 2.28. The van der Waals surface area contributed by atoms with Crippen LogP contribution in [0.5, 0.6) is 0 Å². The van der Waals surface area contributed by atoms with Crippen molar-refractivity contribution in [1.82, 2.24) is 10.2 Å². The highest BCUT2D eigenvalue weighted by molar-refractivity contribution is 9.10. The third kappa shape index (κ3) is 2.92. The Balaban J connectivity index is 2.18. The van der Waals surface area contributed by atoms with Gasteiger partial charge in [-0.1, -0.05) is 28.9 Å². The standard InChI is InChI=1S/C14H20BrFN2/c1-3-6-18(12-8-17-9-12)10(2)13-5-4-11(15)7-14(13)16/h4-5,7,10,12,17H,3,6,8-9H2,1-2H3. The minimum Gasteiger partial charge on any atom is -0.314 e. The summed E-state index contributed by atoms with van der Waals surface area (Å²) in [4.78, 5) is 2.41. The molecule has 1 unspecified atom stereocenters. The van der Waals surface area contributed by atoms with Gasteiger partial charge in [0.1, 0.15) is 5.82 Å². The molecule has 1 saturated heterocycles. The molecule has 1 aliphatic rings. The molecule has 1 aliphatic heterocycles. The molecule has 0 aliphatic carbocycles. The Kier molecular flexibility index (Phi) is 4.76. The first-order chi connectivity index (χ1) is 8.63. The van der Waals surface area contributed by atoms with Crippen LogP contribution in [-0.4, -0.2) is 30.6 Å². The minimum absolute atomic E-state index is 0.120. The number of hydrogen-bond acceptors (Lipinski definition) is 2. The first-order valence-corrected chi connectivity index (χ1v) is 7.34. The second-order valence-corrected chi connectivity index (χ2v) is 5.81. The number of halogens is 2. The SMILES string of the molecule is CCCN(C1CNC1)C(C)c1ccc(Br)cc1F. The molecule has 1 aromatic rings. The number of nitrogens with zero attached hydrogens (tertiary/aromatic N) is 1. The zero-order valence-electron chi connectivity index (χ0n) is 10.9. The number of hydrogen-bond donors (Lipinski definition) is 1. The van der Waals surface area contributed by atoms with Crippen molar-refractivity contribution in [1.29, 1.82) is 0 Å². The van der Waals surface area contributed by atoms with Crippen molar-refractivity contribution in [3.63, 3.8) is 0 Å². The molecule has 2 rings (SSSR count). The lowest BCUT2D eigenvalue weighted by Crippen LogP contribution is -2.57. The summed E-state index contributed by atoms with van der Waals surface area (Å²) in [6.45, 7) is 7.32. The minimum atomic E-state index is -0.120. The maximum absolute atomic E-state index is 14.0. The number of rotatable bonds is 5. The molecule has 1 heterocycles. The van der Waals surface area contributed by atoms with Gasteiger partial charge in [0.05, 0.1) is 0 Å². The van der Waals surface area contributed by atoms with E-state index in [1.807, 2.05) is 12.1 Å². The Hall–Kier alpha value is -0.450. The van der Waals surface area contributed by atoms with Crippen molar-refractivity contribution in [3.8, 4) is 0 Å². The monoisotopic (exact) mass is 314 g/mol. The molecule has 0 saturated carbocycles. The Bertz CT molecular complexity index is 407. The van der Waals surface area contributed by atoms with Gasteiger partial charge in [0.25, 0.3) is 0 Å². The van der Waals surface area contributed by atoms with Gasteiger partial charge >= 0.3 is 0 Å². The van der Waals surface area contributed by atoms with E-state index in [2.05, 4.69) is 40.0 Å². The van der Waals surface area contributed by atoms with Crippen molar-refractivity contribution in [2.75, 3.05) is 19.6 Å². The Labute approximate surface area is 117 Å². The van der Waals surface area contributed by atoms with Crippen LogP contribution < -0.4 is 5.32 Å². The lowest BCUT2D eigenvalue weighted by atomic mass is 10.0. The molecule has 4 heteroatoms. The summed E-state index contributed by atoms with van der Waals surface area (Å²) < 4.78 is 14.8. The van der Waals surface area contributed by atoms with Crippen LogP contribution in [0.3, 0.4) is 0 Å². The van der Waals surface area contributed by atoms with Gasteiger partial charge in [-0.05, 0) is 32.0 Å². The highest BCUT2D eigenvalue weighted by atomic mass is 79.9. The molecule has 0 radical (unpaired) electrons. The lowest BCUT2D eigenvalue weighted by Gasteiger charge is -2.42. The summed E-state index contributed by atoms with van der Waals surface area (Å²) in [5.41, 5.74) is 0.790. The van der Waals surface area contributed by atoms with Gasteiger partial charge in [0, 0.05) is 35.2 Å². The zero-order valence-corrected chi connectivity index (χ0v) is 12.5. The van der Waals surface area contributed by atoms with Crippen molar-refractivity contribution >= 4 is 15.9 Å². The molecule has 1 fully saturated rings. The normalized spacial score (nSPS) is 17.8. The van der Waals surface area contributed by atoms with Crippen LogP contribution in [0.2, 0.25) is 0 Å². The van der Waals surface area contributed by atoms with Crippen LogP contribution in [0, 0.1) is 5.82 Å². The number of nitrogens with one attached hydrogen (secondary N) is 1. The maximum atomic E-state index is 14.0. The second-order valence-electron chi connectivity index (χ2n) is 4.89. The molecule has 100 valence electrons. The Morgan fingerprint density at radius 2 is 2.22 bits per heavy atom. The molecule has 1 N–H and O–H groups in total. The largest absolute Gasteiger partial charge is 0.314 e. The predicted octanol–water partition coefficient (Wildman–Crippen LogP) is 3.33. The molecule has 1 atom stereocenters. The highest BCUT2D eigenvalue weighted by Gasteiger charge is 2.29. The van der Waals surface area contributed by atoms with Crippen LogP contribution in [-0.2, 0) is 0 Å². The van der Waals surface area contributed by atoms with E-state index in [0.29, 0.717) is 6.04 Å². The first kappa shape index (κ1) is 14.0. The van der Waals surface area contributed by atoms with Crippen LogP contribution in [0.4, 0.5) is 4.39 Å². The molecule has 0 bridgehead atoms. The van der Waals surface area contributed by atoms with Gasteiger partial charge in [-0.3, -0.25) is 4.90 Å². The summed E-state index contributed by atoms with van der Waals surface area (Å²) in [6.07, 6.45) is 1.10. The summed E-state index contributed by atoms with van der Waals surface area (Å²) >= 11 is 3.30. The summed E-state index contributed by atoms with van der Waals surface area (Å²) in [5.74, 6) is -0.120. The molecule has 0 aromatic heterocycles. The summed E-state index contributed by atoms with van der Waals surface area (Å²) in [7, 11) is 0. The molecule has 1 aromatic carbocycles. The third-order valence-electron chi connectivity index (χ3n) is 3.62. The molecular formula is C14H20BrFN2. The van der Waals surface area contributed by atoms with Crippen molar-refractivity contribution < 1.29 is 4.39 Å². The smallest absolute Gasteiger partial charge is 0.129 e. The van der Waals surface area contributed by atoms with E-state index in [9.17, 15) is 4.39 Å². The van der Waals surface area contributed by atoms with Crippen LogP contribution in [0.1, 0.15) is 31.9 Å². The van der Waals surface area contributed by atoms with E-state index < -0.39 is 0 Å². The average Bonchev–Trinajstić information content (AvgIpc) is 2.25. The molecule has 18 heavy (non-hydrogen) atoms. The molecule has 2 nitrogen and oxygen atoms in total. The van der Waals surface area contributed by atoms with Crippen molar-refractivity contribution in [2.24, 2.45) is 0 Å². The third-order valence-corrected chi connectivity index (χ3v) is 4.11. The van der Waals surface area contributed by atoms with E-state index in [1.165, 1.54) is 0 Å². The van der Waals surface area contributed by atoms with Crippen LogP contribution in [0.15, 0.2) is 22.7 Å². The maximum Gasteiger partial charge on any atom is 0.129 e. The number of benzene rings is 1. The second kappa shape index (κ2) is 6.13. The van der Waals surface area contributed by atoms with Gasteiger partial charge in [-0.25, -0.2) is 4.39 Å². The van der Waals surface area contributed by atoms with Gasteiger partial charge in [0.2, 0.25) is 0 Å². The lowest BCUT2D eigenvalue weighted by molar-refractivity contribution is 0.101. The van der Waals surface area contributed by atoms with Crippen molar-refractivity contribution in [3.05, 3.63) is 34.1 Å². The van der Waals surface area contributed by atoms with Crippen LogP contribution in [0.25, 0.3) is 0 Å². The predicted molar refractivity (Wildman–Crippen MR) is 76.2 cm³/mol. The summed E-state index contributed by atoms with van der Waals surface area (Å²) in [5, 5.41) is 3.29. The van der Waals surface area contributed by atoms with E-state index in [-0.39, 0.29) is 11.9 Å². The van der Waals surface area contributed by atoms with E-state index in [4.69, 9.17) is 0 Å². The Morgan fingerprint density at radius 3 is 2.72 bits per heavy atom. The first-order valence-electron chi connectivity index (χ1n) is 6.55. The van der Waals surface area contributed by atoms with Gasteiger partial charge in [0.15, 0.2) is 0 Å². The fourth-order valence-corrected chi connectivity index (χ4v) is 2.81. The molecule has 0 spiro atoms. The van der Waals surface area contributed by atoms with Gasteiger partial charge < -0.3 is 5.32 Å². The van der Waals surface area contributed by atoms with E-state index >= 15 is 0 Å². The van der Waals surface area contributed by atoms with E-state index in [0.717, 1.165) is 36.1 Å². The van der Waals surface area contributed by atoms with Crippen LogP contribution >= 0.6 is 15.9 Å². The van der Waals surface area contributed by atoms with Gasteiger partial charge in [-0.15, -0.1) is 0 Å². The molecular weight excluding hydrogens is 295 g/mol. The quantitative estimate of drug-likeness (QED) is 0.896.